The summed E-state index contributed by atoms with van der Waals surface area (Å²) in [5, 5.41) is 11.9. The topological polar surface area (TPSA) is 69.6 Å². The molecule has 1 aromatic rings. The van der Waals surface area contributed by atoms with E-state index in [2.05, 4.69) is 5.32 Å². The number of carbonyl (C=O) groups is 2. The van der Waals surface area contributed by atoms with E-state index in [1.54, 1.807) is 24.0 Å². The third-order valence-electron chi connectivity index (χ3n) is 2.68. The number of benzene rings is 1. The monoisotopic (exact) mass is 234 g/mol. The van der Waals surface area contributed by atoms with Crippen molar-refractivity contribution >= 4 is 17.5 Å². The summed E-state index contributed by atoms with van der Waals surface area (Å²) in [4.78, 5) is 24.3. The van der Waals surface area contributed by atoms with Crippen LogP contribution in [0.2, 0.25) is 0 Å². The van der Waals surface area contributed by atoms with Crippen LogP contribution >= 0.6 is 0 Å². The molecule has 2 rings (SSSR count). The molecule has 17 heavy (non-hydrogen) atoms. The number of nitrogens with zero attached hydrogens (tertiary/aromatic N) is 1. The second-order valence-corrected chi connectivity index (χ2v) is 4.06. The predicted octanol–water partition coefficient (Wildman–Crippen LogP) is 0.203. The fraction of sp³-hybridized carbons (Fsp3) is 0.333. The Bertz CT molecular complexity index is 441. The van der Waals surface area contributed by atoms with Crippen LogP contribution in [0.4, 0.5) is 5.69 Å². The smallest absolute Gasteiger partial charge is 0.246 e. The number of aliphatic hydroxyl groups excluding tert-OH is 1. The van der Waals surface area contributed by atoms with Gasteiger partial charge in [-0.05, 0) is 13.0 Å². The molecule has 1 saturated heterocycles. The fourth-order valence-electron chi connectivity index (χ4n) is 1.94. The van der Waals surface area contributed by atoms with Gasteiger partial charge in [0.05, 0.1) is 19.2 Å². The lowest BCUT2D eigenvalue weighted by Crippen LogP contribution is -2.51. The van der Waals surface area contributed by atoms with E-state index < -0.39 is 6.10 Å². The van der Waals surface area contributed by atoms with Crippen molar-refractivity contribution in [3.8, 4) is 0 Å². The minimum absolute atomic E-state index is 0.134. The Morgan fingerprint density at radius 3 is 2.41 bits per heavy atom. The summed E-state index contributed by atoms with van der Waals surface area (Å²) >= 11 is 0. The molecular formula is C12H14N2O3. The summed E-state index contributed by atoms with van der Waals surface area (Å²) in [6.07, 6.45) is -0.633. The lowest BCUT2D eigenvalue weighted by Gasteiger charge is -2.29. The lowest BCUT2D eigenvalue weighted by molar-refractivity contribution is -0.130. The summed E-state index contributed by atoms with van der Waals surface area (Å²) in [5.74, 6) is -0.636. The highest BCUT2D eigenvalue weighted by Crippen LogP contribution is 2.26. The van der Waals surface area contributed by atoms with Gasteiger partial charge in [-0.3, -0.25) is 14.9 Å². The van der Waals surface area contributed by atoms with Crippen molar-refractivity contribution in [2.24, 2.45) is 0 Å². The van der Waals surface area contributed by atoms with Crippen LogP contribution in [0.5, 0.6) is 0 Å². The zero-order valence-electron chi connectivity index (χ0n) is 9.51. The van der Waals surface area contributed by atoms with Gasteiger partial charge in [0, 0.05) is 11.3 Å². The molecule has 1 atom stereocenters. The van der Waals surface area contributed by atoms with Gasteiger partial charge in [-0.1, -0.05) is 18.2 Å². The molecule has 5 nitrogen and oxygen atoms in total. The van der Waals surface area contributed by atoms with Gasteiger partial charge >= 0.3 is 0 Å². The van der Waals surface area contributed by atoms with Crippen molar-refractivity contribution in [2.45, 2.75) is 13.0 Å². The number of nitrogens with one attached hydrogen (secondary N) is 1. The summed E-state index contributed by atoms with van der Waals surface area (Å²) in [6.45, 7) is 1.93. The largest absolute Gasteiger partial charge is 0.389 e. The summed E-state index contributed by atoms with van der Waals surface area (Å²) in [5.41, 5.74) is 1.45. The molecule has 0 saturated carbocycles. The van der Waals surface area contributed by atoms with Gasteiger partial charge < -0.3 is 10.0 Å². The van der Waals surface area contributed by atoms with Crippen molar-refractivity contribution in [3.63, 3.8) is 0 Å². The maximum Gasteiger partial charge on any atom is 0.246 e. The normalized spacial score (nSPS) is 17.9. The van der Waals surface area contributed by atoms with Crippen LogP contribution in [0.25, 0.3) is 0 Å². The van der Waals surface area contributed by atoms with Gasteiger partial charge in [-0.2, -0.15) is 0 Å². The first kappa shape index (κ1) is 11.6. The van der Waals surface area contributed by atoms with Crippen LogP contribution in [0, 0.1) is 0 Å². The van der Waals surface area contributed by atoms with Crippen molar-refractivity contribution < 1.29 is 14.7 Å². The van der Waals surface area contributed by atoms with Crippen molar-refractivity contribution in [3.05, 3.63) is 29.8 Å². The van der Waals surface area contributed by atoms with Crippen LogP contribution in [0.15, 0.2) is 24.3 Å². The molecule has 2 amide bonds. The zero-order valence-corrected chi connectivity index (χ0v) is 9.51. The molecule has 1 aromatic carbocycles. The summed E-state index contributed by atoms with van der Waals surface area (Å²) < 4.78 is 0. The molecule has 0 spiro atoms. The number of aliphatic hydroxyl groups is 1. The second-order valence-electron chi connectivity index (χ2n) is 4.06. The molecular weight excluding hydrogens is 220 g/mol. The minimum Gasteiger partial charge on any atom is -0.389 e. The molecule has 5 heteroatoms. The molecule has 2 N–H and O–H groups in total. The maximum atomic E-state index is 11.3. The molecule has 90 valence electrons. The third-order valence-corrected chi connectivity index (χ3v) is 2.68. The number of hydrogen-bond donors (Lipinski definition) is 2. The molecule has 1 aliphatic rings. The Balaban J connectivity index is 2.33. The number of amides is 2. The van der Waals surface area contributed by atoms with Gasteiger partial charge in [-0.15, -0.1) is 0 Å². The van der Waals surface area contributed by atoms with Gasteiger partial charge in [-0.25, -0.2) is 0 Å². The molecule has 1 heterocycles. The average molecular weight is 234 g/mol. The fourth-order valence-corrected chi connectivity index (χ4v) is 1.94. The Kier molecular flexibility index (Phi) is 3.10. The number of imide groups is 1. The van der Waals surface area contributed by atoms with Gasteiger partial charge in [0.1, 0.15) is 0 Å². The molecule has 1 aliphatic heterocycles. The van der Waals surface area contributed by atoms with E-state index in [0.29, 0.717) is 0 Å². The number of rotatable bonds is 2. The van der Waals surface area contributed by atoms with Crippen LogP contribution in [-0.2, 0) is 9.59 Å². The second kappa shape index (κ2) is 4.55. The standard InChI is InChI=1S/C12H14N2O3/c1-8(15)9-4-2-3-5-10(9)14-6-11(16)13-12(17)7-14/h2-5,8,15H,6-7H2,1H3,(H,13,16,17). The van der Waals surface area contributed by atoms with E-state index in [9.17, 15) is 14.7 Å². The summed E-state index contributed by atoms with van der Waals surface area (Å²) in [6, 6.07) is 7.22. The minimum atomic E-state index is -0.633. The first-order chi connectivity index (χ1) is 8.08. The number of piperazine rings is 1. The van der Waals surface area contributed by atoms with Crippen molar-refractivity contribution in [1.29, 1.82) is 0 Å². The zero-order chi connectivity index (χ0) is 12.4. The molecule has 1 unspecified atom stereocenters. The average Bonchev–Trinajstić information content (AvgIpc) is 2.27. The Labute approximate surface area is 99.0 Å². The van der Waals surface area contributed by atoms with E-state index >= 15 is 0 Å². The van der Waals surface area contributed by atoms with Crippen LogP contribution in [0.1, 0.15) is 18.6 Å². The number of anilines is 1. The predicted molar refractivity (Wildman–Crippen MR) is 62.4 cm³/mol. The van der Waals surface area contributed by atoms with E-state index in [-0.39, 0.29) is 24.9 Å². The quantitative estimate of drug-likeness (QED) is 0.717. The molecule has 0 aromatic heterocycles. The van der Waals surface area contributed by atoms with E-state index in [1.807, 2.05) is 12.1 Å². The SMILES string of the molecule is CC(O)c1ccccc1N1CC(=O)NC(=O)C1. The van der Waals surface area contributed by atoms with Crippen molar-refractivity contribution in [1.82, 2.24) is 5.32 Å². The van der Waals surface area contributed by atoms with Crippen LogP contribution in [0.3, 0.4) is 0 Å². The molecule has 0 bridgehead atoms. The van der Waals surface area contributed by atoms with E-state index in [1.165, 1.54) is 0 Å². The van der Waals surface area contributed by atoms with Gasteiger partial charge in [0.2, 0.25) is 11.8 Å². The van der Waals surface area contributed by atoms with E-state index in [4.69, 9.17) is 0 Å². The van der Waals surface area contributed by atoms with Crippen LogP contribution < -0.4 is 10.2 Å². The van der Waals surface area contributed by atoms with E-state index in [0.717, 1.165) is 11.3 Å². The maximum absolute atomic E-state index is 11.3. The third kappa shape index (κ3) is 2.45. The lowest BCUT2D eigenvalue weighted by atomic mass is 10.1. The van der Waals surface area contributed by atoms with Gasteiger partial charge in [0.25, 0.3) is 0 Å². The molecule has 1 fully saturated rings. The highest BCUT2D eigenvalue weighted by molar-refractivity contribution is 6.02. The Hall–Kier alpha value is -1.88. The van der Waals surface area contributed by atoms with Gasteiger partial charge in [0.15, 0.2) is 0 Å². The number of carbonyl (C=O) groups excluding carboxylic acids is 2. The van der Waals surface area contributed by atoms with Crippen molar-refractivity contribution in [2.75, 3.05) is 18.0 Å². The molecule has 0 aliphatic carbocycles. The first-order valence-electron chi connectivity index (χ1n) is 5.42. The Morgan fingerprint density at radius 1 is 1.24 bits per heavy atom. The number of para-hydroxylation sites is 1. The molecule has 0 radical (unpaired) electrons. The Morgan fingerprint density at radius 2 is 1.82 bits per heavy atom. The first-order valence-corrected chi connectivity index (χ1v) is 5.42. The number of hydrogen-bond acceptors (Lipinski definition) is 4. The van der Waals surface area contributed by atoms with Crippen LogP contribution in [-0.4, -0.2) is 30.0 Å². The highest BCUT2D eigenvalue weighted by atomic mass is 16.3. The summed E-state index contributed by atoms with van der Waals surface area (Å²) in [7, 11) is 0. The highest BCUT2D eigenvalue weighted by Gasteiger charge is 2.24.